The van der Waals surface area contributed by atoms with Crippen LogP contribution in [0.2, 0.25) is 0 Å². The molecule has 1 amide bonds. The second kappa shape index (κ2) is 10.7. The molecule has 1 aromatic carbocycles. The van der Waals surface area contributed by atoms with E-state index in [9.17, 15) is 38.1 Å². The number of ether oxygens (including phenoxy) is 1. The summed E-state index contributed by atoms with van der Waals surface area (Å²) in [5, 5.41) is 31.1. The Balaban J connectivity index is 0.00000385. The van der Waals surface area contributed by atoms with Crippen molar-refractivity contribution in [3.63, 3.8) is 0 Å². The van der Waals surface area contributed by atoms with E-state index < -0.39 is 59.0 Å². The van der Waals surface area contributed by atoms with Gasteiger partial charge in [0.25, 0.3) is 5.91 Å². The maximum atomic E-state index is 12.1. The number of anilines is 1. The Morgan fingerprint density at radius 2 is 1.91 bits per heavy atom. The third-order valence-electron chi connectivity index (χ3n) is 4.43. The molecule has 2 heterocycles. The molecule has 33 heavy (non-hydrogen) atoms. The number of carbonyl (C=O) groups is 2. The maximum absolute atomic E-state index is 12.1. The Morgan fingerprint density at radius 3 is 2.55 bits per heavy atom. The number of nitrogen functional groups attached to an aromatic ring is 1. The van der Waals surface area contributed by atoms with Gasteiger partial charge in [0.2, 0.25) is 0 Å². The van der Waals surface area contributed by atoms with E-state index >= 15 is 0 Å². The first-order valence-electron chi connectivity index (χ1n) is 8.87. The number of amides is 1. The number of aromatic carboxylic acids is 1. The van der Waals surface area contributed by atoms with Gasteiger partial charge in [-0.2, -0.15) is 13.4 Å². The number of nitrogens with one attached hydrogen (secondary N) is 1. The quantitative estimate of drug-likeness (QED) is 0.265. The van der Waals surface area contributed by atoms with Crippen molar-refractivity contribution < 1.29 is 71.8 Å². The maximum Gasteiger partial charge on any atom is 1.00 e. The van der Waals surface area contributed by atoms with Crippen molar-refractivity contribution in [2.45, 2.75) is 24.5 Å². The van der Waals surface area contributed by atoms with Crippen molar-refractivity contribution in [3.05, 3.63) is 58.1 Å². The van der Waals surface area contributed by atoms with Crippen LogP contribution in [0.4, 0.5) is 5.82 Å². The minimum Gasteiger partial charge on any atom is -0.545 e. The van der Waals surface area contributed by atoms with Gasteiger partial charge >= 0.3 is 45.6 Å². The Hall–Kier alpha value is -2.37. The molecule has 5 N–H and O–H groups in total. The van der Waals surface area contributed by atoms with Crippen LogP contribution in [0.25, 0.3) is 0 Å². The van der Waals surface area contributed by atoms with E-state index in [1.807, 2.05) is 0 Å². The topological polar surface area (TPSA) is 223 Å². The summed E-state index contributed by atoms with van der Waals surface area (Å²) in [6.45, 7) is -0.826. The summed E-state index contributed by atoms with van der Waals surface area (Å²) < 4.78 is 36.5. The second-order valence-electron chi connectivity index (χ2n) is 6.63. The number of hydrogen-bond donors (Lipinski definition) is 4. The molecule has 0 aliphatic carbocycles. The van der Waals surface area contributed by atoms with Crippen LogP contribution in [0.15, 0.2) is 41.3 Å². The number of nitrogens with two attached hydrogens (primary N) is 1. The molecule has 0 bridgehead atoms. The molecular weight excluding hydrogens is 475 g/mol. The number of rotatable bonds is 7. The first-order chi connectivity index (χ1) is 15.0. The number of aliphatic hydroxyl groups is 2. The summed E-state index contributed by atoms with van der Waals surface area (Å²) in [5.41, 5.74) is 3.88. The van der Waals surface area contributed by atoms with Gasteiger partial charge in [0.05, 0.1) is 12.6 Å². The van der Waals surface area contributed by atoms with Gasteiger partial charge in [0.15, 0.2) is 6.23 Å². The van der Waals surface area contributed by atoms with Crippen LogP contribution < -0.4 is 50.8 Å². The zero-order valence-electron chi connectivity index (χ0n) is 17.0. The second-order valence-corrected chi connectivity index (χ2v) is 7.97. The molecule has 1 aliphatic heterocycles. The standard InChI is InChI=1S/C17H18N4O10S.Na/c18-11-4-5-21(17(27)19-11)15-13(23)12(22)10(31-15)7-30-32(28,29)20-14(24)8-2-1-3-9(6-8)16(25)26;/h1-6,10,12-13,15,22-23H,7H2,(H,20,24)(H,25,26)(H2,18,19,27);/q;+1/p-1/t10-,12-,13-,15-;/m1./s1. The van der Waals surface area contributed by atoms with E-state index in [0.29, 0.717) is 0 Å². The van der Waals surface area contributed by atoms with Crippen molar-refractivity contribution in [1.82, 2.24) is 14.3 Å². The Kier molecular flexibility index (Phi) is 8.72. The summed E-state index contributed by atoms with van der Waals surface area (Å²) in [6, 6.07) is 5.69. The van der Waals surface area contributed by atoms with Gasteiger partial charge in [0.1, 0.15) is 24.1 Å². The van der Waals surface area contributed by atoms with Gasteiger partial charge in [-0.15, -0.1) is 0 Å². The normalized spacial score (nSPS) is 22.4. The fourth-order valence-electron chi connectivity index (χ4n) is 2.86. The largest absolute Gasteiger partial charge is 1.00 e. The average Bonchev–Trinajstić information content (AvgIpc) is 3.00. The van der Waals surface area contributed by atoms with E-state index in [0.717, 1.165) is 16.7 Å². The van der Waals surface area contributed by atoms with E-state index in [1.165, 1.54) is 24.4 Å². The third-order valence-corrected chi connectivity index (χ3v) is 5.31. The van der Waals surface area contributed by atoms with Crippen LogP contribution in [0.1, 0.15) is 26.9 Å². The number of aliphatic hydroxyl groups excluding tert-OH is 2. The zero-order chi connectivity index (χ0) is 23.6. The van der Waals surface area contributed by atoms with Crippen LogP contribution in [-0.4, -0.2) is 65.0 Å². The third kappa shape index (κ3) is 6.36. The molecule has 3 rings (SSSR count). The minimum atomic E-state index is -4.72. The minimum absolute atomic E-state index is 0. The van der Waals surface area contributed by atoms with Gasteiger partial charge in [-0.3, -0.25) is 13.5 Å². The van der Waals surface area contributed by atoms with Crippen LogP contribution in [0, 0.1) is 0 Å². The Bertz CT molecular complexity index is 1200. The molecule has 16 heteroatoms. The number of nitrogens with zero attached hydrogens (tertiary/aromatic N) is 2. The summed E-state index contributed by atoms with van der Waals surface area (Å²) in [5.74, 6) is -2.82. The Morgan fingerprint density at radius 1 is 1.24 bits per heavy atom. The molecule has 4 atom stereocenters. The molecule has 0 spiro atoms. The molecule has 1 fully saturated rings. The van der Waals surface area contributed by atoms with Crippen molar-refractivity contribution in [2.24, 2.45) is 0 Å². The fourth-order valence-corrected chi connectivity index (χ4v) is 3.58. The Labute approximate surface area is 208 Å². The average molecular weight is 492 g/mol. The molecular formula is C17H17N4NaO10S. The monoisotopic (exact) mass is 492 g/mol. The first kappa shape index (κ1) is 26.9. The number of hydrogen-bond acceptors (Lipinski definition) is 12. The van der Waals surface area contributed by atoms with Gasteiger partial charge in [0, 0.05) is 11.8 Å². The molecule has 0 saturated carbocycles. The molecule has 1 aromatic heterocycles. The molecule has 2 aromatic rings. The predicted octanol–water partition coefficient (Wildman–Crippen LogP) is -6.50. The van der Waals surface area contributed by atoms with E-state index in [1.54, 1.807) is 4.72 Å². The summed E-state index contributed by atoms with van der Waals surface area (Å²) in [7, 11) is -4.72. The van der Waals surface area contributed by atoms with Crippen LogP contribution in [0.3, 0.4) is 0 Å². The number of carbonyl (C=O) groups excluding carboxylic acids is 2. The van der Waals surface area contributed by atoms with Crippen molar-refractivity contribution in [1.29, 1.82) is 0 Å². The number of benzene rings is 1. The number of aromatic nitrogens is 2. The van der Waals surface area contributed by atoms with Gasteiger partial charge in [-0.25, -0.2) is 9.52 Å². The first-order valence-corrected chi connectivity index (χ1v) is 10.3. The predicted molar refractivity (Wildman–Crippen MR) is 102 cm³/mol. The fraction of sp³-hybridized carbons (Fsp3) is 0.294. The van der Waals surface area contributed by atoms with E-state index in [4.69, 9.17) is 10.5 Å². The van der Waals surface area contributed by atoms with Crippen molar-refractivity contribution in [2.75, 3.05) is 12.3 Å². The van der Waals surface area contributed by atoms with E-state index in [2.05, 4.69) is 9.17 Å². The molecule has 0 radical (unpaired) electrons. The summed E-state index contributed by atoms with van der Waals surface area (Å²) in [6.07, 6.45) is -4.89. The van der Waals surface area contributed by atoms with Gasteiger partial charge < -0.3 is 30.6 Å². The SMILES string of the molecule is Nc1ccn([C@@H]2O[C@H](COS(=O)(=O)NC(=O)c3cccc(C(=O)[O-])c3)[C@@H](O)[C@H]2O)c(=O)n1.[Na+]. The summed E-state index contributed by atoms with van der Waals surface area (Å²) >= 11 is 0. The molecule has 1 saturated heterocycles. The van der Waals surface area contributed by atoms with Gasteiger partial charge in [-0.05, 0) is 23.8 Å². The molecule has 0 unspecified atom stereocenters. The molecule has 172 valence electrons. The van der Waals surface area contributed by atoms with Crippen LogP contribution >= 0.6 is 0 Å². The van der Waals surface area contributed by atoms with Crippen molar-refractivity contribution in [3.8, 4) is 0 Å². The number of carboxylic acids is 1. The molecule has 14 nitrogen and oxygen atoms in total. The van der Waals surface area contributed by atoms with Crippen LogP contribution in [-0.2, 0) is 19.2 Å². The zero-order valence-corrected chi connectivity index (χ0v) is 19.8. The van der Waals surface area contributed by atoms with Crippen LogP contribution in [0.5, 0.6) is 0 Å². The molecule has 1 aliphatic rings. The summed E-state index contributed by atoms with van der Waals surface area (Å²) in [4.78, 5) is 38.3. The number of carboxylic acid groups (broad SMARTS) is 1. The smallest absolute Gasteiger partial charge is 0.545 e. The van der Waals surface area contributed by atoms with Crippen molar-refractivity contribution >= 4 is 28.0 Å². The van der Waals surface area contributed by atoms with Gasteiger partial charge in [-0.1, -0.05) is 12.1 Å². The van der Waals surface area contributed by atoms with E-state index in [-0.39, 0.29) is 46.5 Å².